The average Bonchev–Trinajstić information content (AvgIpc) is 3.07. The highest BCUT2D eigenvalue weighted by molar-refractivity contribution is 6.60. The molecule has 1 aromatic heterocycles. The van der Waals surface area contributed by atoms with Crippen molar-refractivity contribution in [3.05, 3.63) is 90.8 Å². The van der Waals surface area contributed by atoms with Gasteiger partial charge in [0.25, 0.3) is 0 Å². The zero-order chi connectivity index (χ0) is 17.1. The summed E-state index contributed by atoms with van der Waals surface area (Å²) in [5.74, 6) is 0.635. The van der Waals surface area contributed by atoms with E-state index in [9.17, 15) is 5.02 Å². The van der Waals surface area contributed by atoms with Gasteiger partial charge in [0.15, 0.2) is 0 Å². The summed E-state index contributed by atoms with van der Waals surface area (Å²) in [5, 5.41) is 10.1. The molecule has 4 aromatic rings. The molecule has 1 N–H and O–H groups in total. The molecule has 0 aliphatic heterocycles. The molecule has 1 heterocycles. The van der Waals surface area contributed by atoms with Crippen molar-refractivity contribution in [1.82, 2.24) is 9.55 Å². The lowest BCUT2D eigenvalue weighted by Crippen LogP contribution is -2.36. The van der Waals surface area contributed by atoms with Crippen LogP contribution in [0.3, 0.4) is 0 Å². The van der Waals surface area contributed by atoms with Gasteiger partial charge in [-0.25, -0.2) is 4.98 Å². The first kappa shape index (κ1) is 15.5. The second-order valence-corrected chi connectivity index (χ2v) is 5.89. The first-order valence-corrected chi connectivity index (χ1v) is 8.18. The van der Waals surface area contributed by atoms with Gasteiger partial charge in [-0.15, -0.1) is 0 Å². The van der Waals surface area contributed by atoms with E-state index in [2.05, 4.69) is 15.6 Å². The Morgan fingerprint density at radius 2 is 1.60 bits per heavy atom. The van der Waals surface area contributed by atoms with E-state index in [0.29, 0.717) is 5.75 Å². The summed E-state index contributed by atoms with van der Waals surface area (Å²) < 4.78 is 7.71. The van der Waals surface area contributed by atoms with Crippen LogP contribution in [0.2, 0.25) is 0 Å². The van der Waals surface area contributed by atoms with Crippen molar-refractivity contribution in [3.63, 3.8) is 0 Å². The first-order chi connectivity index (χ1) is 12.3. The van der Waals surface area contributed by atoms with E-state index < -0.39 is 7.12 Å². The SMILES string of the molecule is OB(Oc1ccc(Cn2cnc3ccccc32)cc1)c1ccccc1. The van der Waals surface area contributed by atoms with Crippen molar-refractivity contribution in [1.29, 1.82) is 0 Å². The standard InChI is InChI=1S/C20H17BN2O2/c24-21(17-6-2-1-3-7-17)25-18-12-10-16(11-13-18)14-23-15-22-19-8-4-5-9-20(19)23/h1-13,15,24H,14H2. The van der Waals surface area contributed by atoms with Crippen molar-refractivity contribution >= 4 is 23.6 Å². The highest BCUT2D eigenvalue weighted by Crippen LogP contribution is 2.17. The van der Waals surface area contributed by atoms with E-state index in [-0.39, 0.29) is 0 Å². The van der Waals surface area contributed by atoms with Gasteiger partial charge in [-0.05, 0) is 35.3 Å². The summed E-state index contributed by atoms with van der Waals surface area (Å²) in [4.78, 5) is 4.41. The maximum absolute atomic E-state index is 10.1. The number of rotatable bonds is 5. The van der Waals surface area contributed by atoms with Gasteiger partial charge in [0, 0.05) is 6.54 Å². The van der Waals surface area contributed by atoms with Crippen LogP contribution in [0, 0.1) is 0 Å². The van der Waals surface area contributed by atoms with Gasteiger partial charge in [0.1, 0.15) is 5.75 Å². The second-order valence-electron chi connectivity index (χ2n) is 5.89. The maximum atomic E-state index is 10.1. The Balaban J connectivity index is 1.47. The van der Waals surface area contributed by atoms with Crippen LogP contribution >= 0.6 is 0 Å². The lowest BCUT2D eigenvalue weighted by atomic mass is 9.79. The first-order valence-electron chi connectivity index (χ1n) is 8.18. The van der Waals surface area contributed by atoms with Gasteiger partial charge >= 0.3 is 7.12 Å². The molecule has 25 heavy (non-hydrogen) atoms. The minimum Gasteiger partial charge on any atom is -0.532 e. The summed E-state index contributed by atoms with van der Waals surface area (Å²) in [5.41, 5.74) is 3.98. The van der Waals surface area contributed by atoms with Crippen LogP contribution in [-0.4, -0.2) is 21.7 Å². The van der Waals surface area contributed by atoms with Gasteiger partial charge < -0.3 is 14.2 Å². The second kappa shape index (κ2) is 6.83. The molecule has 0 unspecified atom stereocenters. The predicted molar refractivity (Wildman–Crippen MR) is 100.0 cm³/mol. The molecule has 0 bridgehead atoms. The molecule has 0 spiro atoms. The number of aromatic nitrogens is 2. The van der Waals surface area contributed by atoms with E-state index in [0.717, 1.165) is 28.6 Å². The fourth-order valence-electron chi connectivity index (χ4n) is 2.82. The average molecular weight is 328 g/mol. The Morgan fingerprint density at radius 3 is 2.40 bits per heavy atom. The smallest absolute Gasteiger partial charge is 0.532 e. The summed E-state index contributed by atoms with van der Waals surface area (Å²) in [6.07, 6.45) is 1.86. The maximum Gasteiger partial charge on any atom is 0.560 e. The lowest BCUT2D eigenvalue weighted by Gasteiger charge is -2.11. The van der Waals surface area contributed by atoms with E-state index >= 15 is 0 Å². The minimum absolute atomic E-state index is 0.635. The third-order valence-corrected chi connectivity index (χ3v) is 4.14. The Kier molecular flexibility index (Phi) is 4.23. The fourth-order valence-corrected chi connectivity index (χ4v) is 2.82. The molecule has 0 aliphatic carbocycles. The summed E-state index contributed by atoms with van der Waals surface area (Å²) in [6.45, 7) is 0.738. The third-order valence-electron chi connectivity index (χ3n) is 4.14. The molecule has 4 rings (SSSR count). The van der Waals surface area contributed by atoms with Crippen LogP contribution in [0.5, 0.6) is 5.75 Å². The molecule has 5 heteroatoms. The molecule has 0 aliphatic rings. The van der Waals surface area contributed by atoms with Crippen LogP contribution in [-0.2, 0) is 6.54 Å². The number of fused-ring (bicyclic) bond motifs is 1. The van der Waals surface area contributed by atoms with Crippen molar-refractivity contribution in [2.24, 2.45) is 0 Å². The van der Waals surface area contributed by atoms with Crippen molar-refractivity contribution < 1.29 is 9.68 Å². The van der Waals surface area contributed by atoms with E-state index in [1.165, 1.54) is 0 Å². The molecule has 0 atom stereocenters. The van der Waals surface area contributed by atoms with Crippen LogP contribution in [0.25, 0.3) is 11.0 Å². The monoisotopic (exact) mass is 328 g/mol. The van der Waals surface area contributed by atoms with Crippen molar-refractivity contribution in [2.45, 2.75) is 6.54 Å². The molecule has 0 saturated carbocycles. The molecule has 4 nitrogen and oxygen atoms in total. The number of para-hydroxylation sites is 2. The Hall–Kier alpha value is -3.05. The topological polar surface area (TPSA) is 47.3 Å². The van der Waals surface area contributed by atoms with E-state index in [4.69, 9.17) is 4.65 Å². The summed E-state index contributed by atoms with van der Waals surface area (Å²) in [6, 6.07) is 25.2. The molecule has 0 saturated heterocycles. The molecule has 0 amide bonds. The number of nitrogens with zero attached hydrogens (tertiary/aromatic N) is 2. The largest absolute Gasteiger partial charge is 0.560 e. The van der Waals surface area contributed by atoms with Crippen LogP contribution in [0.15, 0.2) is 85.2 Å². The third kappa shape index (κ3) is 3.41. The lowest BCUT2D eigenvalue weighted by molar-refractivity contribution is 0.432. The molecular formula is C20H17BN2O2. The Labute approximate surface area is 146 Å². The predicted octanol–water partition coefficient (Wildman–Crippen LogP) is 2.85. The molecule has 0 radical (unpaired) electrons. The number of benzene rings is 3. The highest BCUT2D eigenvalue weighted by atomic mass is 16.5. The van der Waals surface area contributed by atoms with Crippen LogP contribution < -0.4 is 10.1 Å². The van der Waals surface area contributed by atoms with E-state index in [1.807, 2.05) is 79.1 Å². The zero-order valence-electron chi connectivity index (χ0n) is 13.6. The molecule has 122 valence electrons. The Bertz CT molecular complexity index is 968. The molecule has 3 aromatic carbocycles. The van der Waals surface area contributed by atoms with Gasteiger partial charge in [-0.1, -0.05) is 54.6 Å². The normalized spacial score (nSPS) is 10.8. The summed E-state index contributed by atoms with van der Waals surface area (Å²) in [7, 11) is -0.968. The highest BCUT2D eigenvalue weighted by Gasteiger charge is 2.17. The molecular weight excluding hydrogens is 311 g/mol. The minimum atomic E-state index is -0.968. The van der Waals surface area contributed by atoms with Gasteiger partial charge in [0.2, 0.25) is 0 Å². The van der Waals surface area contributed by atoms with Gasteiger partial charge in [-0.3, -0.25) is 0 Å². The zero-order valence-corrected chi connectivity index (χ0v) is 13.6. The van der Waals surface area contributed by atoms with E-state index in [1.54, 1.807) is 0 Å². The Morgan fingerprint density at radius 1 is 0.880 bits per heavy atom. The quantitative estimate of drug-likeness (QED) is 0.573. The van der Waals surface area contributed by atoms with Gasteiger partial charge in [-0.2, -0.15) is 0 Å². The number of imidazole rings is 1. The van der Waals surface area contributed by atoms with Gasteiger partial charge in [0.05, 0.1) is 17.4 Å². The number of hydrogen-bond acceptors (Lipinski definition) is 3. The molecule has 0 fully saturated rings. The van der Waals surface area contributed by atoms with Crippen molar-refractivity contribution in [3.8, 4) is 5.75 Å². The summed E-state index contributed by atoms with van der Waals surface area (Å²) >= 11 is 0. The van der Waals surface area contributed by atoms with Crippen LogP contribution in [0.4, 0.5) is 0 Å². The van der Waals surface area contributed by atoms with Crippen LogP contribution in [0.1, 0.15) is 5.56 Å². The number of hydrogen-bond donors (Lipinski definition) is 1. The fraction of sp³-hybridized carbons (Fsp3) is 0.0500. The van der Waals surface area contributed by atoms with Crippen molar-refractivity contribution in [2.75, 3.05) is 0 Å².